The molecule has 0 aromatic rings. The summed E-state index contributed by atoms with van der Waals surface area (Å²) in [5, 5.41) is 0.593. The quantitative estimate of drug-likeness (QED) is 0.325. The minimum Gasteiger partial charge on any atom is -0.309 e. The van der Waals surface area contributed by atoms with Gasteiger partial charge in [-0.1, -0.05) is 0 Å². The van der Waals surface area contributed by atoms with Crippen LogP contribution in [-0.2, 0) is 24.3 Å². The molecule has 2 fully saturated rings. The van der Waals surface area contributed by atoms with E-state index in [9.17, 15) is 18.0 Å². The minimum atomic E-state index is -4.79. The van der Waals surface area contributed by atoms with Gasteiger partial charge in [0.25, 0.3) is 5.91 Å². The van der Waals surface area contributed by atoms with Crippen LogP contribution < -0.4 is 5.48 Å². The van der Waals surface area contributed by atoms with E-state index in [1.54, 1.807) is 0 Å². The number of urea groups is 1. The molecule has 2 aliphatic heterocycles. The highest BCUT2D eigenvalue weighted by molar-refractivity contribution is 7.80. The predicted molar refractivity (Wildman–Crippen MR) is 76.0 cm³/mol. The van der Waals surface area contributed by atoms with Gasteiger partial charge < -0.3 is 9.80 Å². The maximum absolute atomic E-state index is 12.1. The molecule has 0 aromatic heterocycles. The summed E-state index contributed by atoms with van der Waals surface area (Å²) in [6.07, 6.45) is 0.707. The smallest absolute Gasteiger partial charge is 0.309 e. The first-order chi connectivity index (χ1) is 10.7. The largest absolute Gasteiger partial charge is 0.418 e. The average molecular weight is 352 g/mol. The van der Waals surface area contributed by atoms with Crippen molar-refractivity contribution in [2.75, 3.05) is 33.8 Å². The van der Waals surface area contributed by atoms with Gasteiger partial charge >= 0.3 is 16.4 Å². The fraction of sp³-hybridized carbons (Fsp3) is 0.818. The summed E-state index contributed by atoms with van der Waals surface area (Å²) in [5.41, 5.74) is 2.29. The zero-order chi connectivity index (χ0) is 17.2. The number of piperidine rings is 1. The number of nitrogens with zero attached hydrogens (tertiary/aromatic N) is 3. The Labute approximate surface area is 134 Å². The molecule has 2 aliphatic rings. The lowest BCUT2D eigenvalue weighted by Crippen LogP contribution is -2.50. The molecule has 2 bridgehead atoms. The highest BCUT2D eigenvalue weighted by Crippen LogP contribution is 2.30. The number of hydrogen-bond acceptors (Lipinski definition) is 7. The summed E-state index contributed by atoms with van der Waals surface area (Å²) < 4.78 is 34.6. The topological polar surface area (TPSA) is 129 Å². The first-order valence-corrected chi connectivity index (χ1v) is 8.39. The lowest BCUT2D eigenvalue weighted by molar-refractivity contribution is -0.139. The van der Waals surface area contributed by atoms with Crippen molar-refractivity contribution in [3.8, 4) is 0 Å². The Hall–Kier alpha value is -1.47. The van der Waals surface area contributed by atoms with Gasteiger partial charge in [-0.15, -0.1) is 4.28 Å². The highest BCUT2D eigenvalue weighted by Gasteiger charge is 2.49. The van der Waals surface area contributed by atoms with Gasteiger partial charge in [0.05, 0.1) is 12.6 Å². The molecule has 3 amide bonds. The molecule has 0 spiro atoms. The van der Waals surface area contributed by atoms with E-state index < -0.39 is 34.4 Å². The Balaban J connectivity index is 1.92. The zero-order valence-corrected chi connectivity index (χ0v) is 13.7. The number of hydroxylamine groups is 3. The van der Waals surface area contributed by atoms with Crippen LogP contribution in [0.1, 0.15) is 12.8 Å². The molecule has 0 unspecified atom stereocenters. The van der Waals surface area contributed by atoms with E-state index in [1.807, 2.05) is 19.0 Å². The van der Waals surface area contributed by atoms with Crippen molar-refractivity contribution in [1.29, 1.82) is 0 Å². The van der Waals surface area contributed by atoms with Crippen molar-refractivity contribution in [3.63, 3.8) is 0 Å². The number of nitrogens with one attached hydrogen (secondary N) is 1. The van der Waals surface area contributed by atoms with Crippen LogP contribution in [0.15, 0.2) is 0 Å². The number of hydrogen-bond donors (Lipinski definition) is 2. The maximum atomic E-state index is 12.1. The molecule has 2 N–H and O–H groups in total. The summed E-state index contributed by atoms with van der Waals surface area (Å²) in [4.78, 5) is 32.3. The van der Waals surface area contributed by atoms with E-state index in [1.165, 1.54) is 4.90 Å². The molecule has 2 atom stereocenters. The molecule has 132 valence electrons. The van der Waals surface area contributed by atoms with Gasteiger partial charge in [-0.05, 0) is 26.9 Å². The van der Waals surface area contributed by atoms with Crippen molar-refractivity contribution < 1.29 is 31.7 Å². The van der Waals surface area contributed by atoms with Gasteiger partial charge in [0, 0.05) is 13.1 Å². The van der Waals surface area contributed by atoms with E-state index in [0.29, 0.717) is 31.1 Å². The second kappa shape index (κ2) is 6.97. The Morgan fingerprint density at radius 3 is 2.74 bits per heavy atom. The summed E-state index contributed by atoms with van der Waals surface area (Å²) in [6.45, 7) is 1.05. The van der Waals surface area contributed by atoms with Crippen LogP contribution in [-0.4, -0.2) is 85.6 Å². The normalized spacial score (nSPS) is 24.4. The molecule has 2 rings (SSSR count). The van der Waals surface area contributed by atoms with Gasteiger partial charge in [-0.25, -0.2) is 10.3 Å². The van der Waals surface area contributed by atoms with E-state index in [0.717, 1.165) is 0 Å². The number of amides is 3. The van der Waals surface area contributed by atoms with Crippen LogP contribution in [0.3, 0.4) is 0 Å². The van der Waals surface area contributed by atoms with Crippen LogP contribution >= 0.6 is 0 Å². The zero-order valence-electron chi connectivity index (χ0n) is 12.8. The molecule has 0 radical (unpaired) electrons. The van der Waals surface area contributed by atoms with Gasteiger partial charge in [0.15, 0.2) is 0 Å². The van der Waals surface area contributed by atoms with E-state index in [-0.39, 0.29) is 6.54 Å². The van der Waals surface area contributed by atoms with Gasteiger partial charge in [-0.3, -0.25) is 14.2 Å². The molecule has 23 heavy (non-hydrogen) atoms. The lowest BCUT2D eigenvalue weighted by Gasteiger charge is -2.28. The van der Waals surface area contributed by atoms with E-state index in [4.69, 9.17) is 9.39 Å². The number of likely N-dealkylation sites (N-methyl/N-ethyl adjacent to an activating group) is 1. The van der Waals surface area contributed by atoms with Crippen molar-refractivity contribution >= 4 is 22.3 Å². The van der Waals surface area contributed by atoms with Gasteiger partial charge in [0.1, 0.15) is 6.04 Å². The van der Waals surface area contributed by atoms with Crippen LogP contribution in [0.25, 0.3) is 0 Å². The molecule has 2 heterocycles. The molecular weight excluding hydrogens is 332 g/mol. The molecular formula is C11H20N4O7S. The third-order valence-electron chi connectivity index (χ3n) is 3.61. The second-order valence-corrected chi connectivity index (χ2v) is 6.63. The molecule has 12 heteroatoms. The third kappa shape index (κ3) is 4.51. The summed E-state index contributed by atoms with van der Waals surface area (Å²) in [5.74, 6) is -0.482. The van der Waals surface area contributed by atoms with Crippen molar-refractivity contribution in [3.05, 3.63) is 0 Å². The van der Waals surface area contributed by atoms with Crippen LogP contribution in [0.2, 0.25) is 0 Å². The van der Waals surface area contributed by atoms with Crippen molar-refractivity contribution in [1.82, 2.24) is 20.3 Å². The SMILES string of the molecule is CN(C)CCONC(=O)[C@H]1CC[C@@H]2CN1C(=O)N2OS(=O)(=O)O. The Bertz CT molecular complexity index is 567. The number of rotatable bonds is 7. The molecule has 0 aliphatic carbocycles. The van der Waals surface area contributed by atoms with Gasteiger partial charge in [-0.2, -0.15) is 13.5 Å². The van der Waals surface area contributed by atoms with E-state index >= 15 is 0 Å². The van der Waals surface area contributed by atoms with Crippen molar-refractivity contribution in [2.24, 2.45) is 0 Å². The monoisotopic (exact) mass is 352 g/mol. The van der Waals surface area contributed by atoms with E-state index in [2.05, 4.69) is 9.76 Å². The molecule has 0 aromatic carbocycles. The Morgan fingerprint density at radius 2 is 2.13 bits per heavy atom. The fourth-order valence-corrected chi connectivity index (χ4v) is 2.91. The minimum absolute atomic E-state index is 0.143. The molecule has 2 saturated heterocycles. The first kappa shape index (κ1) is 17.9. The highest BCUT2D eigenvalue weighted by atomic mass is 32.3. The summed E-state index contributed by atoms with van der Waals surface area (Å²) >= 11 is 0. The lowest BCUT2D eigenvalue weighted by atomic mass is 10.0. The van der Waals surface area contributed by atoms with Crippen LogP contribution in [0, 0.1) is 0 Å². The second-order valence-electron chi connectivity index (χ2n) is 5.63. The molecule has 11 nitrogen and oxygen atoms in total. The number of carbonyl (C=O) groups excluding carboxylic acids is 2. The summed E-state index contributed by atoms with van der Waals surface area (Å²) in [7, 11) is -1.07. The van der Waals surface area contributed by atoms with Crippen LogP contribution in [0.4, 0.5) is 4.79 Å². The first-order valence-electron chi connectivity index (χ1n) is 7.02. The molecule has 0 saturated carbocycles. The summed E-state index contributed by atoms with van der Waals surface area (Å²) in [6, 6.07) is -2.07. The standard InChI is InChI=1S/C11H20N4O7S/c1-13(2)5-6-21-12-10(16)9-4-3-8-7-14(9)11(17)15(8)22-23(18,19)20/h8-9H,3-7H2,1-2H3,(H,12,16)(H,18,19,20)/t8-,9-/m1/s1. The van der Waals surface area contributed by atoms with Crippen LogP contribution in [0.5, 0.6) is 0 Å². The average Bonchev–Trinajstić information content (AvgIpc) is 2.67. The Morgan fingerprint density at radius 1 is 1.43 bits per heavy atom. The predicted octanol–water partition coefficient (Wildman–Crippen LogP) is -1.40. The fourth-order valence-electron chi connectivity index (χ4n) is 2.52. The Kier molecular flexibility index (Phi) is 5.41. The third-order valence-corrected chi connectivity index (χ3v) is 3.96. The number of fused-ring (bicyclic) bond motifs is 2. The van der Waals surface area contributed by atoms with Gasteiger partial charge in [0.2, 0.25) is 0 Å². The number of carbonyl (C=O) groups is 2. The maximum Gasteiger partial charge on any atom is 0.418 e. The van der Waals surface area contributed by atoms with Crippen molar-refractivity contribution in [2.45, 2.75) is 24.9 Å².